The van der Waals surface area contributed by atoms with Crippen molar-refractivity contribution in [3.8, 4) is 0 Å². The van der Waals surface area contributed by atoms with Crippen molar-refractivity contribution >= 4 is 29.4 Å². The van der Waals surface area contributed by atoms with E-state index in [9.17, 15) is 0 Å². The van der Waals surface area contributed by atoms with Crippen LogP contribution in [0.1, 0.15) is 12.0 Å². The molecule has 2 aromatic rings. The molecule has 0 saturated carbocycles. The van der Waals surface area contributed by atoms with Crippen LogP contribution in [0.2, 0.25) is 5.02 Å². The van der Waals surface area contributed by atoms with Crippen LogP contribution in [-0.4, -0.2) is 20.1 Å². The van der Waals surface area contributed by atoms with Crippen LogP contribution >= 0.6 is 11.6 Å². The highest BCUT2D eigenvalue weighted by Crippen LogP contribution is 2.08. The molecule has 0 atom stereocenters. The first-order valence-electron chi connectivity index (χ1n) is 7.00. The summed E-state index contributed by atoms with van der Waals surface area (Å²) >= 11 is 6.13. The largest absolute Gasteiger partial charge is 0.427 e. The van der Waals surface area contributed by atoms with Crippen LogP contribution in [0.4, 0.5) is 0 Å². The van der Waals surface area contributed by atoms with Crippen LogP contribution in [0, 0.1) is 0 Å². The summed E-state index contributed by atoms with van der Waals surface area (Å²) in [6.07, 6.45) is 1.02. The molecule has 3 rings (SSSR count). The lowest BCUT2D eigenvalue weighted by Crippen LogP contribution is -2.46. The zero-order chi connectivity index (χ0) is 13.8. The smallest absolute Gasteiger partial charge is 0.362 e. The summed E-state index contributed by atoms with van der Waals surface area (Å²) in [6, 6.07) is 16.4. The van der Waals surface area contributed by atoms with Gasteiger partial charge in [0.15, 0.2) is 0 Å². The number of rotatable bonds is 1. The molecule has 1 heterocycles. The predicted octanol–water partition coefficient (Wildman–Crippen LogP) is 1.96. The molecule has 0 aromatic heterocycles. The Balaban J connectivity index is 2.03. The first kappa shape index (κ1) is 13.7. The van der Waals surface area contributed by atoms with Crippen molar-refractivity contribution in [3.05, 3.63) is 59.1 Å². The minimum atomic E-state index is -0.0372. The lowest BCUT2D eigenvalue weighted by atomic mass is 9.54. The van der Waals surface area contributed by atoms with Crippen LogP contribution < -0.4 is 16.2 Å². The third-order valence-electron chi connectivity index (χ3n) is 3.59. The molecule has 0 spiro atoms. The van der Waals surface area contributed by atoms with E-state index in [-0.39, 0.29) is 6.92 Å². The molecule has 0 amide bonds. The third kappa shape index (κ3) is 3.06. The molecule has 102 valence electrons. The molecule has 0 fully saturated rings. The van der Waals surface area contributed by atoms with Crippen molar-refractivity contribution in [1.29, 1.82) is 0 Å². The summed E-state index contributed by atoms with van der Waals surface area (Å²) in [5.41, 5.74) is 3.63. The van der Waals surface area contributed by atoms with E-state index in [2.05, 4.69) is 35.6 Å². The first-order valence-corrected chi connectivity index (χ1v) is 7.38. The molecule has 0 bridgehead atoms. The van der Waals surface area contributed by atoms with Gasteiger partial charge in [-0.3, -0.25) is 0 Å². The van der Waals surface area contributed by atoms with Crippen molar-refractivity contribution in [3.63, 3.8) is 0 Å². The van der Waals surface area contributed by atoms with E-state index in [1.807, 2.05) is 18.2 Å². The highest BCUT2D eigenvalue weighted by molar-refractivity contribution is 6.80. The molecular formula is C16H17BClNO. The van der Waals surface area contributed by atoms with Crippen LogP contribution in [0.5, 0.6) is 0 Å². The fraction of sp³-hybridized carbons (Fsp3) is 0.250. The molecule has 20 heavy (non-hydrogen) atoms. The lowest BCUT2D eigenvalue weighted by molar-refractivity contribution is 0.324. The second-order valence-electron chi connectivity index (χ2n) is 5.03. The fourth-order valence-corrected chi connectivity index (χ4v) is 2.81. The van der Waals surface area contributed by atoms with Crippen molar-refractivity contribution < 1.29 is 4.65 Å². The highest BCUT2D eigenvalue weighted by Gasteiger charge is 2.24. The van der Waals surface area contributed by atoms with E-state index in [4.69, 9.17) is 16.3 Å². The van der Waals surface area contributed by atoms with Gasteiger partial charge in [-0.25, -0.2) is 0 Å². The minimum absolute atomic E-state index is 0.0372. The Bertz CT molecular complexity index is 590. The van der Waals surface area contributed by atoms with Gasteiger partial charge < -0.3 is 9.97 Å². The monoisotopic (exact) mass is 285 g/mol. The third-order valence-corrected chi connectivity index (χ3v) is 3.82. The topological polar surface area (TPSA) is 21.3 Å². The van der Waals surface area contributed by atoms with Gasteiger partial charge in [0.05, 0.1) is 0 Å². The maximum Gasteiger partial charge on any atom is 0.362 e. The molecule has 1 aliphatic rings. The Morgan fingerprint density at radius 1 is 1.10 bits per heavy atom. The SMILES string of the molecule is Clc1cccc(B2OCCCNCc3ccccc32)c1. The van der Waals surface area contributed by atoms with E-state index < -0.39 is 0 Å². The van der Waals surface area contributed by atoms with E-state index >= 15 is 0 Å². The average molecular weight is 286 g/mol. The molecule has 0 radical (unpaired) electrons. The Labute approximate surface area is 125 Å². The van der Waals surface area contributed by atoms with Gasteiger partial charge in [-0.05, 0) is 41.6 Å². The van der Waals surface area contributed by atoms with Crippen LogP contribution in [-0.2, 0) is 11.2 Å². The quantitative estimate of drug-likeness (QED) is 0.809. The molecule has 1 aliphatic heterocycles. The molecule has 0 aliphatic carbocycles. The standard InChI is InChI=1S/C16H17BClNO/c18-15-7-3-6-14(11-15)17-16-8-2-1-5-13(16)12-19-9-4-10-20-17/h1-3,5-8,11,19H,4,9-10,12H2. The zero-order valence-corrected chi connectivity index (χ0v) is 12.1. The summed E-state index contributed by atoms with van der Waals surface area (Å²) in [5.74, 6) is 0. The van der Waals surface area contributed by atoms with E-state index in [1.54, 1.807) is 0 Å². The molecule has 4 heteroatoms. The molecular weight excluding hydrogens is 268 g/mol. The maximum atomic E-state index is 6.13. The van der Waals surface area contributed by atoms with E-state index in [0.717, 1.165) is 36.6 Å². The summed E-state index contributed by atoms with van der Waals surface area (Å²) in [7, 11) is 0. The number of halogens is 1. The second kappa shape index (κ2) is 6.44. The maximum absolute atomic E-state index is 6.13. The van der Waals surface area contributed by atoms with Gasteiger partial charge in [-0.2, -0.15) is 0 Å². The van der Waals surface area contributed by atoms with Gasteiger partial charge in [0.2, 0.25) is 0 Å². The van der Waals surface area contributed by atoms with E-state index in [1.165, 1.54) is 11.0 Å². The summed E-state index contributed by atoms with van der Waals surface area (Å²) in [5, 5.41) is 4.21. The number of hydrogen-bond donors (Lipinski definition) is 1. The van der Waals surface area contributed by atoms with Gasteiger partial charge in [-0.15, -0.1) is 0 Å². The fourth-order valence-electron chi connectivity index (χ4n) is 2.61. The Morgan fingerprint density at radius 3 is 2.90 bits per heavy atom. The van der Waals surface area contributed by atoms with Gasteiger partial charge in [0.1, 0.15) is 0 Å². The summed E-state index contributed by atoms with van der Waals surface area (Å²) in [4.78, 5) is 0. The molecule has 1 N–H and O–H groups in total. The van der Waals surface area contributed by atoms with Crippen LogP contribution in [0.15, 0.2) is 48.5 Å². The number of fused-ring (bicyclic) bond motifs is 1. The van der Waals surface area contributed by atoms with Crippen molar-refractivity contribution in [2.45, 2.75) is 13.0 Å². The number of benzene rings is 2. The summed E-state index contributed by atoms with van der Waals surface area (Å²) < 4.78 is 6.13. The van der Waals surface area contributed by atoms with Crippen LogP contribution in [0.3, 0.4) is 0 Å². The molecule has 2 aromatic carbocycles. The molecule has 2 nitrogen and oxygen atoms in total. The first-order chi connectivity index (χ1) is 9.84. The normalized spacial score (nSPS) is 15.9. The summed E-state index contributed by atoms with van der Waals surface area (Å²) in [6.45, 7) is 2.58. The lowest BCUT2D eigenvalue weighted by Gasteiger charge is -2.17. The van der Waals surface area contributed by atoms with Crippen molar-refractivity contribution in [1.82, 2.24) is 5.32 Å². The number of nitrogens with one attached hydrogen (secondary N) is 1. The van der Waals surface area contributed by atoms with Gasteiger partial charge in [0, 0.05) is 18.2 Å². The zero-order valence-electron chi connectivity index (χ0n) is 11.3. The molecule has 0 saturated heterocycles. The van der Waals surface area contributed by atoms with Crippen molar-refractivity contribution in [2.24, 2.45) is 0 Å². The van der Waals surface area contributed by atoms with Crippen LogP contribution in [0.25, 0.3) is 0 Å². The number of hydrogen-bond acceptors (Lipinski definition) is 2. The average Bonchev–Trinajstić information content (AvgIpc) is 2.57. The second-order valence-corrected chi connectivity index (χ2v) is 5.47. The Kier molecular flexibility index (Phi) is 4.41. The minimum Gasteiger partial charge on any atom is -0.427 e. The van der Waals surface area contributed by atoms with Gasteiger partial charge >= 0.3 is 6.92 Å². The predicted molar refractivity (Wildman–Crippen MR) is 85.2 cm³/mol. The van der Waals surface area contributed by atoms with Crippen molar-refractivity contribution in [2.75, 3.05) is 13.2 Å². The molecule has 0 unspecified atom stereocenters. The van der Waals surface area contributed by atoms with E-state index in [0.29, 0.717) is 0 Å². The Hall–Kier alpha value is -1.29. The highest BCUT2D eigenvalue weighted by atomic mass is 35.5. The van der Waals surface area contributed by atoms with Gasteiger partial charge in [0.25, 0.3) is 0 Å². The Morgan fingerprint density at radius 2 is 2.00 bits per heavy atom. The van der Waals surface area contributed by atoms with Gasteiger partial charge in [-0.1, -0.05) is 48.0 Å².